The van der Waals surface area contributed by atoms with Crippen molar-refractivity contribution < 1.29 is 42.5 Å². The minimum absolute atomic E-state index is 0.0401. The van der Waals surface area contributed by atoms with Crippen molar-refractivity contribution in [2.45, 2.75) is 85.0 Å². The molecule has 0 aromatic carbocycles. The molecule has 9 atom stereocenters. The zero-order valence-electron chi connectivity index (χ0n) is 23.3. The van der Waals surface area contributed by atoms with Gasteiger partial charge in [-0.15, -0.1) is 0 Å². The number of esters is 4. The van der Waals surface area contributed by atoms with E-state index >= 15 is 0 Å². The van der Waals surface area contributed by atoms with Gasteiger partial charge in [0.05, 0.1) is 30.5 Å². The number of fused-ring (bicyclic) bond motifs is 1. The van der Waals surface area contributed by atoms with Crippen LogP contribution >= 0.6 is 0 Å². The SMILES string of the molecule is C/C=C(/C)C(=O)O[C@@H]1C[C@H]2[C@]3(CC[C@@H](C)[C@]24C[C@H](c2ccoc2)OC4=O)COC(=O)[C@@H]3[C@H]1OC(=O)[C@@H](C)CC. The van der Waals surface area contributed by atoms with Crippen LogP contribution in [0.25, 0.3) is 0 Å². The number of allylic oxidation sites excluding steroid dienone is 1. The molecule has 0 unspecified atom stereocenters. The molecule has 212 valence electrons. The molecule has 0 N–H and O–H groups in total. The van der Waals surface area contributed by atoms with Crippen LogP contribution in [-0.4, -0.2) is 42.7 Å². The molecule has 1 aromatic heterocycles. The largest absolute Gasteiger partial charge is 0.472 e. The summed E-state index contributed by atoms with van der Waals surface area (Å²) in [5, 5.41) is 0. The molecule has 2 saturated heterocycles. The van der Waals surface area contributed by atoms with Gasteiger partial charge < -0.3 is 23.4 Å². The average molecular weight is 543 g/mol. The minimum Gasteiger partial charge on any atom is -0.472 e. The van der Waals surface area contributed by atoms with Gasteiger partial charge >= 0.3 is 23.9 Å². The molecule has 2 aliphatic heterocycles. The summed E-state index contributed by atoms with van der Waals surface area (Å²) in [6.45, 7) is 9.22. The maximum absolute atomic E-state index is 13.9. The zero-order chi connectivity index (χ0) is 28.1. The monoisotopic (exact) mass is 542 g/mol. The van der Waals surface area contributed by atoms with Crippen LogP contribution in [0.1, 0.15) is 78.4 Å². The van der Waals surface area contributed by atoms with Crippen LogP contribution in [-0.2, 0) is 38.1 Å². The molecule has 5 rings (SSSR count). The molecule has 9 heteroatoms. The highest BCUT2D eigenvalue weighted by Gasteiger charge is 2.74. The predicted molar refractivity (Wildman–Crippen MR) is 137 cm³/mol. The third-order valence-electron chi connectivity index (χ3n) is 10.1. The molecule has 2 saturated carbocycles. The molecule has 1 aromatic rings. The van der Waals surface area contributed by atoms with Gasteiger partial charge in [-0.2, -0.15) is 0 Å². The van der Waals surface area contributed by atoms with Gasteiger partial charge in [0.2, 0.25) is 0 Å². The highest BCUT2D eigenvalue weighted by Crippen LogP contribution is 2.68. The summed E-state index contributed by atoms with van der Waals surface area (Å²) in [6.07, 6.45) is 4.95. The molecular weight excluding hydrogens is 504 g/mol. The van der Waals surface area contributed by atoms with Gasteiger partial charge in [-0.3, -0.25) is 14.4 Å². The van der Waals surface area contributed by atoms with Crippen molar-refractivity contribution in [2.75, 3.05) is 6.61 Å². The number of cyclic esters (lactones) is 2. The van der Waals surface area contributed by atoms with E-state index in [4.69, 9.17) is 23.4 Å². The molecule has 0 bridgehead atoms. The Hall–Kier alpha value is -3.10. The van der Waals surface area contributed by atoms with E-state index in [0.29, 0.717) is 31.3 Å². The maximum atomic E-state index is 13.9. The molecule has 3 heterocycles. The van der Waals surface area contributed by atoms with Crippen molar-refractivity contribution >= 4 is 23.9 Å². The Kier molecular flexibility index (Phi) is 7.14. The quantitative estimate of drug-likeness (QED) is 0.286. The van der Waals surface area contributed by atoms with Gasteiger partial charge in [-0.25, -0.2) is 4.79 Å². The summed E-state index contributed by atoms with van der Waals surface area (Å²) in [5.41, 5.74) is -0.476. The van der Waals surface area contributed by atoms with Crippen molar-refractivity contribution in [3.8, 4) is 0 Å². The fraction of sp³-hybridized carbons (Fsp3) is 0.667. The summed E-state index contributed by atoms with van der Waals surface area (Å²) in [5.74, 6) is -3.44. The predicted octanol–water partition coefficient (Wildman–Crippen LogP) is 4.70. The van der Waals surface area contributed by atoms with Gasteiger partial charge in [-0.05, 0) is 57.4 Å². The Morgan fingerprint density at radius 1 is 1.26 bits per heavy atom. The van der Waals surface area contributed by atoms with Gasteiger partial charge in [-0.1, -0.05) is 26.8 Å². The third kappa shape index (κ3) is 4.19. The number of hydrogen-bond donors (Lipinski definition) is 0. The lowest BCUT2D eigenvalue weighted by molar-refractivity contribution is -0.213. The Balaban J connectivity index is 1.59. The number of hydrogen-bond acceptors (Lipinski definition) is 9. The van der Waals surface area contributed by atoms with E-state index in [0.717, 1.165) is 5.56 Å². The van der Waals surface area contributed by atoms with E-state index in [1.54, 1.807) is 45.4 Å². The van der Waals surface area contributed by atoms with Crippen LogP contribution in [0.5, 0.6) is 0 Å². The number of carbonyl (C=O) groups excluding carboxylic acids is 4. The first-order valence-corrected chi connectivity index (χ1v) is 14.0. The number of ether oxygens (including phenoxy) is 4. The van der Waals surface area contributed by atoms with E-state index < -0.39 is 53.0 Å². The second kappa shape index (κ2) is 10.1. The topological polar surface area (TPSA) is 118 Å². The summed E-state index contributed by atoms with van der Waals surface area (Å²) in [7, 11) is 0. The lowest BCUT2D eigenvalue weighted by Gasteiger charge is -2.58. The molecule has 9 nitrogen and oxygen atoms in total. The number of carbonyl (C=O) groups is 4. The summed E-state index contributed by atoms with van der Waals surface area (Å²) in [6, 6.07) is 1.79. The van der Waals surface area contributed by atoms with E-state index in [1.165, 1.54) is 0 Å². The molecule has 4 fully saturated rings. The summed E-state index contributed by atoms with van der Waals surface area (Å²) in [4.78, 5) is 53.3. The summed E-state index contributed by atoms with van der Waals surface area (Å²) < 4.78 is 28.9. The van der Waals surface area contributed by atoms with Crippen molar-refractivity contribution in [1.82, 2.24) is 0 Å². The van der Waals surface area contributed by atoms with Crippen LogP contribution in [0.4, 0.5) is 0 Å². The van der Waals surface area contributed by atoms with E-state index in [-0.39, 0.29) is 36.8 Å². The van der Waals surface area contributed by atoms with Crippen LogP contribution in [0.3, 0.4) is 0 Å². The Bertz CT molecular complexity index is 1170. The van der Waals surface area contributed by atoms with Crippen LogP contribution < -0.4 is 0 Å². The standard InChI is InChI=1S/C30H38O9/c1-6-16(3)25(31)37-20-12-22-29(15-36-27(33)23(29)24(20)39-26(32)17(4)7-2)10-8-18(5)30(22)13-21(38-28(30)34)19-9-11-35-14-19/h6,9,11,14,17-18,20-24H,7-8,10,12-13,15H2,1-5H3/b16-6-/t17-,18+,20+,21+,22-,23-,24-,29-,30+/m0/s1. The van der Waals surface area contributed by atoms with Gasteiger partial charge in [0.1, 0.15) is 18.1 Å². The fourth-order valence-electron chi connectivity index (χ4n) is 7.45. The van der Waals surface area contributed by atoms with E-state index in [1.807, 2.05) is 6.92 Å². The van der Waals surface area contributed by atoms with E-state index in [9.17, 15) is 19.2 Å². The Morgan fingerprint density at radius 3 is 2.69 bits per heavy atom. The Labute approximate surface area is 228 Å². The first-order chi connectivity index (χ1) is 18.6. The fourth-order valence-corrected chi connectivity index (χ4v) is 7.45. The normalized spacial score (nSPS) is 38.4. The van der Waals surface area contributed by atoms with Gasteiger partial charge in [0.25, 0.3) is 0 Å². The van der Waals surface area contributed by atoms with Crippen molar-refractivity contribution in [3.63, 3.8) is 0 Å². The van der Waals surface area contributed by atoms with Crippen molar-refractivity contribution in [3.05, 3.63) is 35.8 Å². The van der Waals surface area contributed by atoms with Crippen molar-refractivity contribution in [2.24, 2.45) is 34.5 Å². The molecule has 0 amide bonds. The first-order valence-electron chi connectivity index (χ1n) is 14.0. The third-order valence-corrected chi connectivity index (χ3v) is 10.1. The van der Waals surface area contributed by atoms with Crippen LogP contribution in [0, 0.1) is 34.5 Å². The number of rotatable bonds is 6. The first kappa shape index (κ1) is 27.5. The molecule has 39 heavy (non-hydrogen) atoms. The zero-order valence-corrected chi connectivity index (χ0v) is 23.3. The van der Waals surface area contributed by atoms with Crippen molar-refractivity contribution in [1.29, 1.82) is 0 Å². The minimum atomic E-state index is -1.00. The van der Waals surface area contributed by atoms with Crippen LogP contribution in [0.15, 0.2) is 34.7 Å². The molecule has 4 aliphatic rings. The molecule has 2 aliphatic carbocycles. The van der Waals surface area contributed by atoms with Gasteiger partial charge in [0, 0.05) is 23.0 Å². The second-order valence-electron chi connectivity index (χ2n) is 11.9. The molecule has 2 spiro atoms. The number of furan rings is 1. The van der Waals surface area contributed by atoms with Gasteiger partial charge in [0.15, 0.2) is 6.10 Å². The average Bonchev–Trinajstić information content (AvgIpc) is 3.65. The molecular formula is C30H38O9. The smallest absolute Gasteiger partial charge is 0.333 e. The lowest BCUT2D eigenvalue weighted by Crippen LogP contribution is -2.64. The molecule has 0 radical (unpaired) electrons. The summed E-state index contributed by atoms with van der Waals surface area (Å²) >= 11 is 0. The highest BCUT2D eigenvalue weighted by molar-refractivity contribution is 5.88. The lowest BCUT2D eigenvalue weighted by atomic mass is 9.43. The highest BCUT2D eigenvalue weighted by atomic mass is 16.6. The second-order valence-corrected chi connectivity index (χ2v) is 11.9. The maximum Gasteiger partial charge on any atom is 0.333 e. The van der Waals surface area contributed by atoms with E-state index in [2.05, 4.69) is 6.92 Å². The Morgan fingerprint density at radius 2 is 2.03 bits per heavy atom. The van der Waals surface area contributed by atoms with Crippen LogP contribution in [0.2, 0.25) is 0 Å².